The van der Waals surface area contributed by atoms with Crippen LogP contribution < -0.4 is 15.0 Å². The summed E-state index contributed by atoms with van der Waals surface area (Å²) in [4.78, 5) is 28.5. The van der Waals surface area contributed by atoms with Gasteiger partial charge in [-0.15, -0.1) is 0 Å². The largest absolute Gasteiger partial charge is 0.493 e. The Morgan fingerprint density at radius 3 is 2.52 bits per heavy atom. The number of piperidine rings is 1. The van der Waals surface area contributed by atoms with E-state index in [1.807, 2.05) is 13.0 Å². The fraction of sp³-hybridized carbons (Fsp3) is 0.588. The van der Waals surface area contributed by atoms with Gasteiger partial charge in [-0.3, -0.25) is 4.79 Å². The predicted octanol–water partition coefficient (Wildman–Crippen LogP) is 7.26. The van der Waals surface area contributed by atoms with Crippen LogP contribution in [-0.4, -0.2) is 38.2 Å². The van der Waals surface area contributed by atoms with Crippen molar-refractivity contribution in [3.05, 3.63) is 59.2 Å². The molecule has 4 rings (SSSR count). The molecular weight excluding hydrogens is 500 g/mol. The maximum atomic E-state index is 13.6. The van der Waals surface area contributed by atoms with Crippen molar-refractivity contribution in [3.8, 4) is 5.75 Å². The fourth-order valence-corrected chi connectivity index (χ4v) is 6.48. The van der Waals surface area contributed by atoms with Gasteiger partial charge in [0.25, 0.3) is 0 Å². The summed E-state index contributed by atoms with van der Waals surface area (Å²) in [6.07, 6.45) is 9.96. The van der Waals surface area contributed by atoms with Gasteiger partial charge >= 0.3 is 5.97 Å². The van der Waals surface area contributed by atoms with Crippen LogP contribution in [0.25, 0.3) is 0 Å². The topological polar surface area (TPSA) is 67.9 Å². The molecule has 1 saturated carbocycles. The molecule has 2 aliphatic rings. The van der Waals surface area contributed by atoms with Gasteiger partial charge in [0.15, 0.2) is 0 Å². The highest BCUT2D eigenvalue weighted by atomic mass is 16.5. The van der Waals surface area contributed by atoms with Crippen molar-refractivity contribution in [1.29, 1.82) is 0 Å². The monoisotopic (exact) mass is 548 g/mol. The Morgan fingerprint density at radius 2 is 1.80 bits per heavy atom. The number of hydrogen-bond donors (Lipinski definition) is 1. The molecule has 40 heavy (non-hydrogen) atoms. The van der Waals surface area contributed by atoms with E-state index in [1.54, 1.807) is 19.1 Å². The smallest absolute Gasteiger partial charge is 0.341 e. The van der Waals surface area contributed by atoms with E-state index < -0.39 is 5.97 Å². The molecule has 1 amide bonds. The molecule has 1 heterocycles. The number of nitrogens with one attached hydrogen (secondary N) is 1. The molecule has 1 aliphatic heterocycles. The fourth-order valence-electron chi connectivity index (χ4n) is 6.48. The molecule has 1 atom stereocenters. The minimum Gasteiger partial charge on any atom is -0.493 e. The van der Waals surface area contributed by atoms with Gasteiger partial charge in [0.05, 0.1) is 25.7 Å². The third-order valence-electron chi connectivity index (χ3n) is 8.39. The van der Waals surface area contributed by atoms with Gasteiger partial charge in [-0.05, 0) is 73.8 Å². The Bertz CT molecular complexity index is 1140. The second-order valence-corrected chi connectivity index (χ2v) is 12.3. The summed E-state index contributed by atoms with van der Waals surface area (Å²) in [5.74, 6) is 0.661. The van der Waals surface area contributed by atoms with Crippen LogP contribution in [0.4, 0.5) is 5.69 Å². The Hall–Kier alpha value is -3.02. The third-order valence-corrected chi connectivity index (χ3v) is 8.39. The highest BCUT2D eigenvalue weighted by Crippen LogP contribution is 2.38. The van der Waals surface area contributed by atoms with Crippen LogP contribution in [0, 0.1) is 11.3 Å². The molecule has 1 aliphatic carbocycles. The minimum absolute atomic E-state index is 0.0130. The molecule has 6 heteroatoms. The van der Waals surface area contributed by atoms with Gasteiger partial charge in [-0.25, -0.2) is 4.79 Å². The van der Waals surface area contributed by atoms with E-state index in [9.17, 15) is 9.59 Å². The van der Waals surface area contributed by atoms with Gasteiger partial charge in [0.1, 0.15) is 11.3 Å². The van der Waals surface area contributed by atoms with Gasteiger partial charge in [0, 0.05) is 18.8 Å². The Balaban J connectivity index is 1.56. The van der Waals surface area contributed by atoms with E-state index in [2.05, 4.69) is 48.3 Å². The quantitative estimate of drug-likeness (QED) is 0.299. The molecule has 1 unspecified atom stereocenters. The lowest BCUT2D eigenvalue weighted by atomic mass is 9.81. The lowest BCUT2D eigenvalue weighted by Crippen LogP contribution is -2.41. The molecule has 0 bridgehead atoms. The molecule has 1 N–H and O–H groups in total. The zero-order valence-corrected chi connectivity index (χ0v) is 25.0. The normalized spacial score (nSPS) is 18.1. The number of esters is 1. The van der Waals surface area contributed by atoms with Gasteiger partial charge < -0.3 is 19.7 Å². The van der Waals surface area contributed by atoms with Crippen molar-refractivity contribution in [2.45, 2.75) is 91.5 Å². The molecule has 2 aromatic rings. The highest BCUT2D eigenvalue weighted by Gasteiger charge is 2.30. The molecule has 2 aromatic carbocycles. The number of benzene rings is 2. The van der Waals surface area contributed by atoms with Crippen molar-refractivity contribution < 1.29 is 19.1 Å². The van der Waals surface area contributed by atoms with E-state index in [0.717, 1.165) is 25.1 Å². The molecule has 1 saturated heterocycles. The first-order valence-corrected chi connectivity index (χ1v) is 15.4. The van der Waals surface area contributed by atoms with Crippen LogP contribution in [0.3, 0.4) is 0 Å². The summed E-state index contributed by atoms with van der Waals surface area (Å²) < 4.78 is 10.9. The van der Waals surface area contributed by atoms with Crippen molar-refractivity contribution in [2.24, 2.45) is 11.3 Å². The zero-order chi connectivity index (χ0) is 28.5. The van der Waals surface area contributed by atoms with Gasteiger partial charge in [0.2, 0.25) is 5.91 Å². The molecule has 0 aromatic heterocycles. The molecule has 0 spiro atoms. The standard InChI is InChI=1S/C34H48N2O4/c1-5-39-31-22-26(17-18-28(31)33(38)40-6-2)23-32(37)35-29(21-25-13-8-7-9-14-25)27-15-10-11-16-30(27)36-20-12-19-34(3,4)24-36/h10-11,15-18,22,25,29H,5-9,12-14,19-21,23-24H2,1-4H3,(H,35,37). The van der Waals surface area contributed by atoms with Crippen molar-refractivity contribution in [2.75, 3.05) is 31.2 Å². The van der Waals surface area contributed by atoms with E-state index in [0.29, 0.717) is 30.4 Å². The first-order chi connectivity index (χ1) is 19.3. The SMILES string of the molecule is CCOC(=O)c1ccc(CC(=O)NC(CC2CCCCC2)c2ccccc2N2CCCC(C)(C)C2)cc1OCC. The number of para-hydroxylation sites is 1. The second-order valence-electron chi connectivity index (χ2n) is 12.3. The predicted molar refractivity (Wildman–Crippen MR) is 161 cm³/mol. The number of carbonyl (C=O) groups excluding carboxylic acids is 2. The molecular formula is C34H48N2O4. The second kappa shape index (κ2) is 14.0. The van der Waals surface area contributed by atoms with Crippen molar-refractivity contribution in [1.82, 2.24) is 5.32 Å². The number of anilines is 1. The molecule has 0 radical (unpaired) electrons. The van der Waals surface area contributed by atoms with Crippen molar-refractivity contribution >= 4 is 17.6 Å². The van der Waals surface area contributed by atoms with Crippen LogP contribution in [0.15, 0.2) is 42.5 Å². The number of hydrogen-bond acceptors (Lipinski definition) is 5. The van der Waals surface area contributed by atoms with E-state index in [4.69, 9.17) is 9.47 Å². The van der Waals surface area contributed by atoms with Gasteiger partial charge in [-0.1, -0.05) is 70.2 Å². The van der Waals surface area contributed by atoms with Gasteiger partial charge in [-0.2, -0.15) is 0 Å². The van der Waals surface area contributed by atoms with Crippen LogP contribution >= 0.6 is 0 Å². The minimum atomic E-state index is -0.410. The molecule has 2 fully saturated rings. The molecule has 6 nitrogen and oxygen atoms in total. The average molecular weight is 549 g/mol. The first kappa shape index (κ1) is 30.0. The maximum Gasteiger partial charge on any atom is 0.341 e. The maximum absolute atomic E-state index is 13.6. The summed E-state index contributed by atoms with van der Waals surface area (Å²) in [5, 5.41) is 3.44. The highest BCUT2D eigenvalue weighted by molar-refractivity contribution is 5.93. The van der Waals surface area contributed by atoms with Crippen LogP contribution in [0.2, 0.25) is 0 Å². The number of amides is 1. The lowest BCUT2D eigenvalue weighted by Gasteiger charge is -2.41. The van der Waals surface area contributed by atoms with E-state index >= 15 is 0 Å². The van der Waals surface area contributed by atoms with Crippen LogP contribution in [0.1, 0.15) is 107 Å². The summed E-state index contributed by atoms with van der Waals surface area (Å²) in [7, 11) is 0. The zero-order valence-electron chi connectivity index (χ0n) is 25.0. The number of carbonyl (C=O) groups is 2. The Kier molecular flexibility index (Phi) is 10.5. The summed E-state index contributed by atoms with van der Waals surface area (Å²) >= 11 is 0. The Morgan fingerprint density at radius 1 is 1.02 bits per heavy atom. The summed E-state index contributed by atoms with van der Waals surface area (Å²) in [5.41, 5.74) is 3.97. The lowest BCUT2D eigenvalue weighted by molar-refractivity contribution is -0.121. The summed E-state index contributed by atoms with van der Waals surface area (Å²) in [6.45, 7) is 11.2. The average Bonchev–Trinajstić information content (AvgIpc) is 2.93. The van der Waals surface area contributed by atoms with Crippen molar-refractivity contribution in [3.63, 3.8) is 0 Å². The first-order valence-electron chi connectivity index (χ1n) is 15.4. The molecule has 218 valence electrons. The number of nitrogens with zero attached hydrogens (tertiary/aromatic N) is 1. The summed E-state index contributed by atoms with van der Waals surface area (Å²) in [6, 6.07) is 14.0. The van der Waals surface area contributed by atoms with Crippen LogP contribution in [0.5, 0.6) is 5.75 Å². The van der Waals surface area contributed by atoms with E-state index in [-0.39, 0.29) is 23.8 Å². The Labute approximate surface area is 240 Å². The van der Waals surface area contributed by atoms with E-state index in [1.165, 1.54) is 56.2 Å². The number of rotatable bonds is 11. The third kappa shape index (κ3) is 8.02. The number of ether oxygens (including phenoxy) is 2. The van der Waals surface area contributed by atoms with Crippen LogP contribution in [-0.2, 0) is 16.0 Å².